The number of Topliss-reactive ketones (excluding diaryl/α,β-unsaturated/α-hetero) is 1. The second-order valence-corrected chi connectivity index (χ2v) is 12.4. The molecule has 8 atom stereocenters. The smallest absolute Gasteiger partial charge is 0.305 e. The Labute approximate surface area is 234 Å². The molecule has 1 heterocycles. The van der Waals surface area contributed by atoms with Crippen molar-refractivity contribution in [1.29, 1.82) is 0 Å². The van der Waals surface area contributed by atoms with Gasteiger partial charge in [-0.3, -0.25) is 19.2 Å². The number of carbonyl (C=O) groups is 4. The van der Waals surface area contributed by atoms with Gasteiger partial charge in [0.1, 0.15) is 18.0 Å². The van der Waals surface area contributed by atoms with E-state index < -0.39 is 64.3 Å². The molecule has 0 unspecified atom stereocenters. The molecule has 2 fully saturated rings. The molecule has 0 spiro atoms. The summed E-state index contributed by atoms with van der Waals surface area (Å²) >= 11 is 0. The van der Waals surface area contributed by atoms with Gasteiger partial charge in [0, 0.05) is 54.8 Å². The van der Waals surface area contributed by atoms with E-state index in [9.17, 15) is 24.3 Å². The van der Waals surface area contributed by atoms with Crippen molar-refractivity contribution in [1.82, 2.24) is 0 Å². The number of rotatable bonds is 6. The maximum atomic E-state index is 13.2. The lowest BCUT2D eigenvalue weighted by atomic mass is 9.45. The molecule has 0 radical (unpaired) electrons. The number of ether oxygens (including phenoxy) is 3. The van der Waals surface area contributed by atoms with Crippen molar-refractivity contribution in [2.24, 2.45) is 28.1 Å². The third-order valence-electron chi connectivity index (χ3n) is 10.0. The van der Waals surface area contributed by atoms with Gasteiger partial charge in [0.15, 0.2) is 0 Å². The Bertz CT molecular complexity index is 1240. The van der Waals surface area contributed by atoms with E-state index in [1.54, 1.807) is 26.4 Å². The van der Waals surface area contributed by atoms with Crippen molar-refractivity contribution in [2.75, 3.05) is 7.11 Å². The fourth-order valence-electron chi connectivity index (χ4n) is 7.99. The Balaban J connectivity index is 1.96. The van der Waals surface area contributed by atoms with Gasteiger partial charge < -0.3 is 23.7 Å². The zero-order chi connectivity index (χ0) is 29.8. The molecule has 1 N–H and O–H groups in total. The van der Waals surface area contributed by atoms with Crippen LogP contribution in [-0.2, 0) is 33.4 Å². The lowest BCUT2D eigenvalue weighted by molar-refractivity contribution is -0.207. The Kier molecular flexibility index (Phi) is 7.69. The fraction of sp³-hybridized carbons (Fsp3) is 0.613. The molecule has 9 heteroatoms. The van der Waals surface area contributed by atoms with Gasteiger partial charge in [-0.15, -0.1) is 0 Å². The van der Waals surface area contributed by atoms with Crippen LogP contribution in [0, 0.1) is 28.1 Å². The predicted octanol–water partition coefficient (Wildman–Crippen LogP) is 4.29. The van der Waals surface area contributed by atoms with Crippen molar-refractivity contribution < 1.29 is 42.9 Å². The Morgan fingerprint density at radius 2 is 1.77 bits per heavy atom. The van der Waals surface area contributed by atoms with Gasteiger partial charge >= 0.3 is 17.9 Å². The second-order valence-electron chi connectivity index (χ2n) is 12.4. The minimum atomic E-state index is -1.20. The van der Waals surface area contributed by atoms with E-state index in [1.165, 1.54) is 21.0 Å². The summed E-state index contributed by atoms with van der Waals surface area (Å²) in [5, 5.41) is 11.7. The number of allylic oxidation sites excluding steroid dienone is 1. The summed E-state index contributed by atoms with van der Waals surface area (Å²) in [6.07, 6.45) is 2.37. The lowest BCUT2D eigenvalue weighted by Crippen LogP contribution is -2.66. The van der Waals surface area contributed by atoms with Crippen molar-refractivity contribution in [2.45, 2.75) is 85.0 Å². The summed E-state index contributed by atoms with van der Waals surface area (Å²) in [7, 11) is 1.27. The molecule has 1 aromatic rings. The normalized spacial score (nSPS) is 36.9. The third-order valence-corrected chi connectivity index (χ3v) is 10.0. The standard InChI is InChI=1S/C31H40O9/c1-16-20-9-10-21(19-11-12-38-15-19)30(20,6)28(40-18(3)33)27(39-17(2)32)26(16)31(7)22(13-25(36)37-8)29(4,5)23(34)14-24(31)35/h9,11-12,15,21-22,24,26-28,35H,1,10,13-14H2,2-8H3/t21-,22-,24-,26+,27+,28-,30+,31-/m0/s1. The molecule has 0 bridgehead atoms. The fourth-order valence-corrected chi connectivity index (χ4v) is 7.99. The zero-order valence-corrected chi connectivity index (χ0v) is 24.3. The molecule has 0 amide bonds. The first kappa shape index (κ1) is 29.8. The van der Waals surface area contributed by atoms with Gasteiger partial charge in [-0.1, -0.05) is 40.3 Å². The zero-order valence-electron chi connectivity index (χ0n) is 24.3. The lowest BCUT2D eigenvalue weighted by Gasteiger charge is -2.61. The van der Waals surface area contributed by atoms with Crippen molar-refractivity contribution in [3.63, 3.8) is 0 Å². The summed E-state index contributed by atoms with van der Waals surface area (Å²) in [5.41, 5.74) is -0.718. The van der Waals surface area contributed by atoms with E-state index in [0.717, 1.165) is 11.1 Å². The highest BCUT2D eigenvalue weighted by atomic mass is 16.6. The average molecular weight is 557 g/mol. The number of aliphatic hydroxyl groups excluding tert-OH is 1. The number of hydrogen-bond acceptors (Lipinski definition) is 9. The third kappa shape index (κ3) is 4.42. The molecule has 3 aliphatic rings. The number of esters is 3. The van der Waals surface area contributed by atoms with Crippen molar-refractivity contribution in [3.05, 3.63) is 48.0 Å². The van der Waals surface area contributed by atoms with Gasteiger partial charge in [0.05, 0.1) is 25.7 Å². The molecule has 0 saturated heterocycles. The van der Waals surface area contributed by atoms with Crippen LogP contribution in [0.25, 0.3) is 0 Å². The predicted molar refractivity (Wildman–Crippen MR) is 144 cm³/mol. The Morgan fingerprint density at radius 1 is 1.12 bits per heavy atom. The first-order chi connectivity index (χ1) is 18.6. The molecule has 2 saturated carbocycles. The molecule has 218 valence electrons. The maximum absolute atomic E-state index is 13.2. The van der Waals surface area contributed by atoms with Crippen molar-refractivity contribution >= 4 is 23.7 Å². The van der Waals surface area contributed by atoms with Gasteiger partial charge in [-0.05, 0) is 35.1 Å². The highest BCUT2D eigenvalue weighted by Crippen LogP contribution is 2.66. The number of carbonyl (C=O) groups excluding carboxylic acids is 4. The summed E-state index contributed by atoms with van der Waals surface area (Å²) in [6, 6.07) is 1.86. The maximum Gasteiger partial charge on any atom is 0.305 e. The van der Waals surface area contributed by atoms with Gasteiger partial charge in [-0.25, -0.2) is 0 Å². The van der Waals surface area contributed by atoms with Gasteiger partial charge in [-0.2, -0.15) is 0 Å². The first-order valence-corrected chi connectivity index (χ1v) is 13.7. The topological polar surface area (TPSA) is 129 Å². The molecule has 40 heavy (non-hydrogen) atoms. The molecule has 4 rings (SSSR count). The van der Waals surface area contributed by atoms with Crippen LogP contribution in [0.1, 0.15) is 72.3 Å². The monoisotopic (exact) mass is 556 g/mol. The first-order valence-electron chi connectivity index (χ1n) is 13.7. The van der Waals surface area contributed by atoms with Gasteiger partial charge in [0.2, 0.25) is 0 Å². The SMILES string of the molecule is C=C1C2=CC[C@@H](c3ccoc3)[C@]2(C)[C@@H](OC(C)=O)[C@H](OC(C)=O)[C@@H]1[C@]1(C)[C@@H](O)CC(=O)C(C)(C)[C@@H]1CC(=O)OC. The number of furan rings is 1. The molecular weight excluding hydrogens is 516 g/mol. The van der Waals surface area contributed by atoms with E-state index in [4.69, 9.17) is 18.6 Å². The van der Waals surface area contributed by atoms with Crippen LogP contribution in [0.2, 0.25) is 0 Å². The van der Waals surface area contributed by atoms with E-state index in [2.05, 4.69) is 12.7 Å². The summed E-state index contributed by atoms with van der Waals surface area (Å²) < 4.78 is 22.5. The van der Waals surface area contributed by atoms with Crippen LogP contribution in [0.4, 0.5) is 0 Å². The Morgan fingerprint density at radius 3 is 2.33 bits per heavy atom. The van der Waals surface area contributed by atoms with E-state index in [1.807, 2.05) is 19.9 Å². The van der Waals surface area contributed by atoms with Crippen LogP contribution >= 0.6 is 0 Å². The quantitative estimate of drug-likeness (QED) is 0.403. The van der Waals surface area contributed by atoms with Crippen LogP contribution in [0.5, 0.6) is 0 Å². The molecule has 1 aromatic heterocycles. The number of methoxy groups -OCH3 is 1. The highest BCUT2D eigenvalue weighted by Gasteiger charge is 2.68. The largest absolute Gasteiger partial charge is 0.472 e. The average Bonchev–Trinajstić information content (AvgIpc) is 3.51. The van der Waals surface area contributed by atoms with Crippen LogP contribution in [0.3, 0.4) is 0 Å². The molecule has 3 aliphatic carbocycles. The van der Waals surface area contributed by atoms with E-state index in [0.29, 0.717) is 12.0 Å². The van der Waals surface area contributed by atoms with Crippen molar-refractivity contribution in [3.8, 4) is 0 Å². The summed E-state index contributed by atoms with van der Waals surface area (Å²) in [4.78, 5) is 51.2. The molecular formula is C31H40O9. The second kappa shape index (κ2) is 10.3. The molecule has 0 aliphatic heterocycles. The molecule has 9 nitrogen and oxygen atoms in total. The van der Waals surface area contributed by atoms with Crippen LogP contribution in [-0.4, -0.2) is 54.2 Å². The minimum absolute atomic E-state index is 0.147. The Hall–Kier alpha value is -3.20. The highest BCUT2D eigenvalue weighted by molar-refractivity contribution is 5.87. The summed E-state index contributed by atoms with van der Waals surface area (Å²) in [6.45, 7) is 14.4. The van der Waals surface area contributed by atoms with Gasteiger partial charge in [0.25, 0.3) is 0 Å². The number of ketones is 1. The molecule has 0 aromatic carbocycles. The summed E-state index contributed by atoms with van der Waals surface area (Å²) in [5.74, 6) is -3.53. The minimum Gasteiger partial charge on any atom is -0.472 e. The van der Waals surface area contributed by atoms with Crippen LogP contribution < -0.4 is 0 Å². The number of hydrogen-bond donors (Lipinski definition) is 1. The number of aliphatic hydroxyl groups is 1. The van der Waals surface area contributed by atoms with E-state index >= 15 is 0 Å². The number of fused-ring (bicyclic) bond motifs is 1. The van der Waals surface area contributed by atoms with E-state index in [-0.39, 0.29) is 24.5 Å². The van der Waals surface area contributed by atoms with Crippen LogP contribution in [0.15, 0.2) is 46.8 Å².